The van der Waals surface area contributed by atoms with E-state index in [1.54, 1.807) is 42.5 Å². The van der Waals surface area contributed by atoms with Crippen LogP contribution in [-0.4, -0.2) is 20.9 Å². The van der Waals surface area contributed by atoms with Crippen molar-refractivity contribution in [2.45, 2.75) is 0 Å². The molecule has 0 saturated heterocycles. The molecule has 0 aliphatic heterocycles. The van der Waals surface area contributed by atoms with Crippen LogP contribution in [0.25, 0.3) is 11.1 Å². The van der Waals surface area contributed by atoms with Gasteiger partial charge in [0.15, 0.2) is 11.4 Å². The average Bonchev–Trinajstić information content (AvgIpc) is 3.04. The molecule has 1 amide bonds. The minimum atomic E-state index is -0.527. The van der Waals surface area contributed by atoms with Crippen LogP contribution in [0.2, 0.25) is 5.02 Å². The maximum absolute atomic E-state index is 11.3. The van der Waals surface area contributed by atoms with Gasteiger partial charge in [-0.2, -0.15) is 4.98 Å². The van der Waals surface area contributed by atoms with Crippen LogP contribution >= 0.6 is 11.6 Å². The Hall–Kier alpha value is -3.85. The number of primary amides is 1. The minimum absolute atomic E-state index is 0.302. The fraction of sp³-hybridized carbons (Fsp3) is 0. The normalized spacial score (nSPS) is 10.8. The highest BCUT2D eigenvalue weighted by molar-refractivity contribution is 6.32. The van der Waals surface area contributed by atoms with Crippen LogP contribution < -0.4 is 22.1 Å². The fourth-order valence-corrected chi connectivity index (χ4v) is 2.67. The van der Waals surface area contributed by atoms with Crippen LogP contribution in [0.5, 0.6) is 0 Å². The highest BCUT2D eigenvalue weighted by Gasteiger charge is 2.09. The SMILES string of the molecule is NC(=O)c1ccc(Nc2ncc(Cl)c(Nc3ccc4oc(=O)[nH]c4c3)n2)cc1. The number of amides is 1. The molecule has 9 nitrogen and oxygen atoms in total. The van der Waals surface area contributed by atoms with Gasteiger partial charge in [-0.15, -0.1) is 0 Å². The molecule has 10 heteroatoms. The quantitative estimate of drug-likeness (QED) is 0.406. The first-order valence-corrected chi connectivity index (χ1v) is 8.45. The summed E-state index contributed by atoms with van der Waals surface area (Å²) in [5, 5.41) is 6.41. The van der Waals surface area contributed by atoms with Crippen molar-refractivity contribution in [1.29, 1.82) is 0 Å². The Morgan fingerprint density at radius 2 is 1.86 bits per heavy atom. The summed E-state index contributed by atoms with van der Waals surface area (Å²) in [6.45, 7) is 0. The second-order valence-corrected chi connectivity index (χ2v) is 6.21. The molecule has 2 heterocycles. The lowest BCUT2D eigenvalue weighted by Crippen LogP contribution is -2.10. The van der Waals surface area contributed by atoms with Crippen LogP contribution in [0.3, 0.4) is 0 Å². The molecular formula is C18H13ClN6O3. The van der Waals surface area contributed by atoms with E-state index in [0.29, 0.717) is 44.8 Å². The van der Waals surface area contributed by atoms with Crippen molar-refractivity contribution >= 4 is 51.7 Å². The third-order valence-corrected chi connectivity index (χ3v) is 4.13. The Labute approximate surface area is 162 Å². The summed E-state index contributed by atoms with van der Waals surface area (Å²) in [5.74, 6) is -0.354. The lowest BCUT2D eigenvalue weighted by atomic mass is 10.2. The number of rotatable bonds is 5. The number of carbonyl (C=O) groups is 1. The van der Waals surface area contributed by atoms with E-state index < -0.39 is 11.7 Å². The molecule has 0 aliphatic rings. The minimum Gasteiger partial charge on any atom is -0.408 e. The van der Waals surface area contributed by atoms with Crippen molar-refractivity contribution in [3.8, 4) is 0 Å². The molecule has 5 N–H and O–H groups in total. The number of nitrogens with two attached hydrogens (primary N) is 1. The Balaban J connectivity index is 1.57. The first-order valence-electron chi connectivity index (χ1n) is 8.07. The topological polar surface area (TPSA) is 139 Å². The van der Waals surface area contributed by atoms with Gasteiger partial charge in [0.05, 0.1) is 11.7 Å². The van der Waals surface area contributed by atoms with Crippen LogP contribution in [0.15, 0.2) is 57.9 Å². The third-order valence-electron chi connectivity index (χ3n) is 3.85. The van der Waals surface area contributed by atoms with E-state index in [1.807, 2.05) is 0 Å². The number of nitrogens with zero attached hydrogens (tertiary/aromatic N) is 2. The molecule has 0 spiro atoms. The molecule has 4 aromatic rings. The predicted molar refractivity (Wildman–Crippen MR) is 105 cm³/mol. The first kappa shape index (κ1) is 17.6. The summed E-state index contributed by atoms with van der Waals surface area (Å²) >= 11 is 6.18. The van der Waals surface area contributed by atoms with E-state index in [4.69, 9.17) is 21.8 Å². The summed E-state index contributed by atoms with van der Waals surface area (Å²) in [4.78, 5) is 33.5. The maximum atomic E-state index is 11.3. The molecule has 0 atom stereocenters. The van der Waals surface area contributed by atoms with Gasteiger partial charge in [-0.3, -0.25) is 9.78 Å². The molecular weight excluding hydrogens is 384 g/mol. The van der Waals surface area contributed by atoms with Crippen LogP contribution in [0, 0.1) is 0 Å². The first-order chi connectivity index (χ1) is 13.5. The second kappa shape index (κ2) is 7.05. The summed E-state index contributed by atoms with van der Waals surface area (Å²) in [6, 6.07) is 11.7. The highest BCUT2D eigenvalue weighted by Crippen LogP contribution is 2.26. The van der Waals surface area contributed by atoms with E-state index in [-0.39, 0.29) is 0 Å². The van der Waals surface area contributed by atoms with Crippen molar-refractivity contribution in [2.75, 3.05) is 10.6 Å². The number of hydrogen-bond acceptors (Lipinski definition) is 7. The molecule has 4 rings (SSSR count). The number of carbonyl (C=O) groups excluding carboxylic acids is 1. The summed E-state index contributed by atoms with van der Waals surface area (Å²) in [5.41, 5.74) is 7.96. The lowest BCUT2D eigenvalue weighted by Gasteiger charge is -2.10. The highest BCUT2D eigenvalue weighted by atomic mass is 35.5. The molecule has 2 aromatic carbocycles. The third kappa shape index (κ3) is 3.64. The average molecular weight is 397 g/mol. The molecule has 0 fully saturated rings. The van der Waals surface area contributed by atoms with Gasteiger partial charge in [-0.1, -0.05) is 11.6 Å². The van der Waals surface area contributed by atoms with E-state index in [0.717, 1.165) is 0 Å². The zero-order valence-electron chi connectivity index (χ0n) is 14.2. The van der Waals surface area contributed by atoms with Gasteiger partial charge in [0.2, 0.25) is 11.9 Å². The standard InChI is InChI=1S/C18H13ClN6O3/c19-12-8-21-17(23-10-3-1-9(2-4-10)15(20)26)25-16(12)22-11-5-6-14-13(7-11)24-18(27)28-14/h1-8H,(H2,20,26)(H,24,27)(H2,21,22,23,25). The zero-order valence-corrected chi connectivity index (χ0v) is 14.9. The largest absolute Gasteiger partial charge is 0.417 e. The molecule has 0 bridgehead atoms. The number of hydrogen-bond donors (Lipinski definition) is 4. The van der Waals surface area contributed by atoms with Gasteiger partial charge in [-0.25, -0.2) is 9.78 Å². The number of aromatic nitrogens is 3. The smallest absolute Gasteiger partial charge is 0.408 e. The summed E-state index contributed by atoms with van der Waals surface area (Å²) in [6.07, 6.45) is 1.45. The van der Waals surface area contributed by atoms with Gasteiger partial charge in [0, 0.05) is 16.9 Å². The number of nitrogens with one attached hydrogen (secondary N) is 3. The number of halogens is 1. The molecule has 0 unspecified atom stereocenters. The van der Waals surface area contributed by atoms with Gasteiger partial charge < -0.3 is 20.8 Å². The maximum Gasteiger partial charge on any atom is 0.417 e. The molecule has 0 radical (unpaired) electrons. The zero-order chi connectivity index (χ0) is 19.7. The molecule has 0 aliphatic carbocycles. The number of benzene rings is 2. The van der Waals surface area contributed by atoms with Crippen molar-refractivity contribution < 1.29 is 9.21 Å². The molecule has 0 saturated carbocycles. The van der Waals surface area contributed by atoms with Crippen molar-refractivity contribution in [2.24, 2.45) is 5.73 Å². The van der Waals surface area contributed by atoms with Crippen LogP contribution in [-0.2, 0) is 0 Å². The van der Waals surface area contributed by atoms with E-state index >= 15 is 0 Å². The lowest BCUT2D eigenvalue weighted by molar-refractivity contribution is 0.100. The van der Waals surface area contributed by atoms with Crippen LogP contribution in [0.1, 0.15) is 10.4 Å². The van der Waals surface area contributed by atoms with Gasteiger partial charge in [0.25, 0.3) is 0 Å². The van der Waals surface area contributed by atoms with E-state index in [9.17, 15) is 9.59 Å². The molecule has 140 valence electrons. The van der Waals surface area contributed by atoms with E-state index in [2.05, 4.69) is 25.6 Å². The number of H-pyrrole nitrogens is 1. The number of anilines is 4. The van der Waals surface area contributed by atoms with E-state index in [1.165, 1.54) is 6.20 Å². The van der Waals surface area contributed by atoms with Gasteiger partial charge >= 0.3 is 5.76 Å². The predicted octanol–water partition coefficient (Wildman–Crippen LogP) is 3.15. The number of oxazole rings is 1. The van der Waals surface area contributed by atoms with Crippen molar-refractivity contribution in [1.82, 2.24) is 15.0 Å². The Morgan fingerprint density at radius 1 is 1.11 bits per heavy atom. The Bertz CT molecular complexity index is 1230. The molecule has 28 heavy (non-hydrogen) atoms. The van der Waals surface area contributed by atoms with Crippen LogP contribution in [0.4, 0.5) is 23.1 Å². The fourth-order valence-electron chi connectivity index (χ4n) is 2.53. The monoisotopic (exact) mass is 396 g/mol. The Morgan fingerprint density at radius 3 is 2.61 bits per heavy atom. The number of fused-ring (bicyclic) bond motifs is 1. The Kier molecular flexibility index (Phi) is 4.42. The van der Waals surface area contributed by atoms with Crippen molar-refractivity contribution in [3.05, 3.63) is 69.8 Å². The van der Waals surface area contributed by atoms with Crippen molar-refractivity contribution in [3.63, 3.8) is 0 Å². The summed E-state index contributed by atoms with van der Waals surface area (Å²) in [7, 11) is 0. The molecule has 2 aromatic heterocycles. The number of aromatic amines is 1. The van der Waals surface area contributed by atoms with Gasteiger partial charge in [0.1, 0.15) is 5.02 Å². The summed E-state index contributed by atoms with van der Waals surface area (Å²) < 4.78 is 4.98. The second-order valence-electron chi connectivity index (χ2n) is 5.81. The van der Waals surface area contributed by atoms with Gasteiger partial charge in [-0.05, 0) is 42.5 Å².